The minimum Gasteiger partial charge on any atom is -0.218 e. The van der Waals surface area contributed by atoms with Crippen LogP contribution in [-0.4, -0.2) is 8.42 Å². The molecule has 0 aliphatic heterocycles. The number of rotatable bonds is 2. The third kappa shape index (κ3) is 2.29. The van der Waals surface area contributed by atoms with E-state index in [9.17, 15) is 8.42 Å². The van der Waals surface area contributed by atoms with Gasteiger partial charge in [0, 0.05) is 5.54 Å². The van der Waals surface area contributed by atoms with Crippen LogP contribution in [0.25, 0.3) is 0 Å². The van der Waals surface area contributed by atoms with Crippen LogP contribution in [-0.2, 0) is 9.84 Å². The molecule has 0 saturated carbocycles. The van der Waals surface area contributed by atoms with Gasteiger partial charge in [0.2, 0.25) is 9.84 Å². The van der Waals surface area contributed by atoms with Crippen LogP contribution in [0.4, 0.5) is 0 Å². The molecule has 0 radical (unpaired) electrons. The fraction of sp³-hybridized carbons (Fsp3) is 0.111. The van der Waals surface area contributed by atoms with Crippen molar-refractivity contribution >= 4 is 33.0 Å². The highest BCUT2D eigenvalue weighted by Gasteiger charge is 2.17. The highest BCUT2D eigenvalue weighted by molar-refractivity contribution is 7.97. The van der Waals surface area contributed by atoms with E-state index < -0.39 is 9.84 Å². The van der Waals surface area contributed by atoms with Crippen LogP contribution in [0.15, 0.2) is 39.1 Å². The molecule has 1 aromatic carbocycles. The van der Waals surface area contributed by atoms with Crippen LogP contribution < -0.4 is 0 Å². The Labute approximate surface area is 93.1 Å². The molecule has 14 heavy (non-hydrogen) atoms. The third-order valence-electron chi connectivity index (χ3n) is 1.67. The lowest BCUT2D eigenvalue weighted by molar-refractivity contribution is 0.604. The van der Waals surface area contributed by atoms with E-state index in [-0.39, 0.29) is 9.26 Å². The van der Waals surface area contributed by atoms with E-state index in [1.807, 2.05) is 6.92 Å². The van der Waals surface area contributed by atoms with Gasteiger partial charge in [0.15, 0.2) is 0 Å². The standard InChI is InChI=1S/C9H8Cl2O2S/c1-7-2-4-8(5-3-7)14(12,13)9(11)6-10/h2-6H,1H3/b9-6-. The summed E-state index contributed by atoms with van der Waals surface area (Å²) in [5.74, 6) is 0. The van der Waals surface area contributed by atoms with Crippen molar-refractivity contribution in [2.24, 2.45) is 0 Å². The quantitative estimate of drug-likeness (QED) is 0.809. The molecule has 0 bridgehead atoms. The summed E-state index contributed by atoms with van der Waals surface area (Å²) in [5, 5.41) is 0. The van der Waals surface area contributed by atoms with E-state index in [1.165, 1.54) is 12.1 Å². The zero-order chi connectivity index (χ0) is 10.8. The third-order valence-corrected chi connectivity index (χ3v) is 4.38. The van der Waals surface area contributed by atoms with E-state index in [1.54, 1.807) is 12.1 Å². The van der Waals surface area contributed by atoms with Crippen LogP contribution in [0.1, 0.15) is 5.56 Å². The molecule has 0 amide bonds. The first-order chi connectivity index (χ1) is 6.48. The monoisotopic (exact) mass is 250 g/mol. The lowest BCUT2D eigenvalue weighted by atomic mass is 10.2. The zero-order valence-electron chi connectivity index (χ0n) is 7.37. The van der Waals surface area contributed by atoms with Crippen LogP contribution in [0.2, 0.25) is 0 Å². The summed E-state index contributed by atoms with van der Waals surface area (Å²) in [6.45, 7) is 1.87. The molecule has 0 spiro atoms. The lowest BCUT2D eigenvalue weighted by Crippen LogP contribution is -1.99. The van der Waals surface area contributed by atoms with Crippen molar-refractivity contribution in [3.63, 3.8) is 0 Å². The molecule has 0 aliphatic carbocycles. The average molecular weight is 251 g/mol. The van der Waals surface area contributed by atoms with Crippen molar-refractivity contribution in [3.8, 4) is 0 Å². The molecule has 0 atom stereocenters. The van der Waals surface area contributed by atoms with Gasteiger partial charge in [0.1, 0.15) is 4.36 Å². The molecule has 0 heterocycles. The summed E-state index contributed by atoms with van der Waals surface area (Å²) in [6, 6.07) is 6.39. The van der Waals surface area contributed by atoms with Gasteiger partial charge in [-0.2, -0.15) is 0 Å². The van der Waals surface area contributed by atoms with Crippen molar-refractivity contribution in [3.05, 3.63) is 39.7 Å². The summed E-state index contributed by atoms with van der Waals surface area (Å²) in [7, 11) is -3.61. The molecule has 0 aromatic heterocycles. The number of hydrogen-bond donors (Lipinski definition) is 0. The average Bonchev–Trinajstić information content (AvgIpc) is 2.17. The predicted octanol–water partition coefficient (Wildman–Crippen LogP) is 3.05. The van der Waals surface area contributed by atoms with Crippen molar-refractivity contribution < 1.29 is 8.42 Å². The summed E-state index contributed by atoms with van der Waals surface area (Å²) >= 11 is 10.7. The maximum atomic E-state index is 11.6. The Balaban J connectivity index is 3.25. The molecular weight excluding hydrogens is 243 g/mol. The zero-order valence-corrected chi connectivity index (χ0v) is 9.70. The number of hydrogen-bond acceptors (Lipinski definition) is 2. The van der Waals surface area contributed by atoms with Crippen LogP contribution in [0.5, 0.6) is 0 Å². The first-order valence-electron chi connectivity index (χ1n) is 3.76. The number of benzene rings is 1. The number of halogens is 2. The summed E-state index contributed by atoms with van der Waals surface area (Å²) in [6.07, 6.45) is 0. The van der Waals surface area contributed by atoms with E-state index in [2.05, 4.69) is 0 Å². The molecule has 2 nitrogen and oxygen atoms in total. The summed E-state index contributed by atoms with van der Waals surface area (Å²) in [4.78, 5) is 0.144. The fourth-order valence-corrected chi connectivity index (χ4v) is 2.34. The Bertz CT molecular complexity index is 446. The maximum Gasteiger partial charge on any atom is 0.218 e. The normalized spacial score (nSPS) is 12.9. The van der Waals surface area contributed by atoms with Crippen LogP contribution in [0, 0.1) is 6.92 Å². The van der Waals surface area contributed by atoms with Gasteiger partial charge in [-0.25, -0.2) is 8.42 Å². The van der Waals surface area contributed by atoms with Crippen molar-refractivity contribution in [2.45, 2.75) is 11.8 Å². The smallest absolute Gasteiger partial charge is 0.218 e. The van der Waals surface area contributed by atoms with Gasteiger partial charge >= 0.3 is 0 Å². The summed E-state index contributed by atoms with van der Waals surface area (Å²) < 4.78 is 22.8. The molecule has 0 unspecified atom stereocenters. The topological polar surface area (TPSA) is 34.1 Å². The molecule has 1 rings (SSSR count). The predicted molar refractivity (Wildman–Crippen MR) is 58.2 cm³/mol. The largest absolute Gasteiger partial charge is 0.218 e. The highest BCUT2D eigenvalue weighted by Crippen LogP contribution is 2.22. The van der Waals surface area contributed by atoms with Crippen LogP contribution >= 0.6 is 23.2 Å². The fourth-order valence-electron chi connectivity index (χ4n) is 0.889. The second-order valence-electron chi connectivity index (χ2n) is 2.73. The minimum absolute atomic E-state index is 0.144. The highest BCUT2D eigenvalue weighted by atomic mass is 35.5. The molecular formula is C9H8Cl2O2S. The van der Waals surface area contributed by atoms with Gasteiger partial charge in [0.05, 0.1) is 4.90 Å². The molecule has 0 N–H and O–H groups in total. The minimum atomic E-state index is -3.61. The van der Waals surface area contributed by atoms with E-state index >= 15 is 0 Å². The van der Waals surface area contributed by atoms with Gasteiger partial charge in [-0.05, 0) is 19.1 Å². The van der Waals surface area contributed by atoms with Crippen molar-refractivity contribution in [1.29, 1.82) is 0 Å². The second-order valence-corrected chi connectivity index (χ2v) is 5.50. The van der Waals surface area contributed by atoms with Crippen LogP contribution in [0.3, 0.4) is 0 Å². The molecule has 0 fully saturated rings. The maximum absolute atomic E-state index is 11.6. The van der Waals surface area contributed by atoms with Gasteiger partial charge in [-0.1, -0.05) is 40.9 Å². The summed E-state index contributed by atoms with van der Waals surface area (Å²) in [5.41, 5.74) is 1.83. The first-order valence-corrected chi connectivity index (χ1v) is 6.06. The molecule has 0 aliphatic rings. The molecule has 0 saturated heterocycles. The van der Waals surface area contributed by atoms with E-state index in [4.69, 9.17) is 23.2 Å². The van der Waals surface area contributed by atoms with Crippen molar-refractivity contribution in [2.75, 3.05) is 0 Å². The first kappa shape index (κ1) is 11.6. The van der Waals surface area contributed by atoms with Gasteiger partial charge in [-0.15, -0.1) is 0 Å². The second kappa shape index (κ2) is 4.34. The van der Waals surface area contributed by atoms with Gasteiger partial charge < -0.3 is 0 Å². The van der Waals surface area contributed by atoms with Crippen molar-refractivity contribution in [1.82, 2.24) is 0 Å². The van der Waals surface area contributed by atoms with Gasteiger partial charge in [0.25, 0.3) is 0 Å². The Kier molecular flexibility index (Phi) is 3.59. The van der Waals surface area contributed by atoms with E-state index in [0.29, 0.717) is 0 Å². The number of aryl methyl sites for hydroxylation is 1. The Morgan fingerprint density at radius 3 is 2.21 bits per heavy atom. The molecule has 5 heteroatoms. The van der Waals surface area contributed by atoms with E-state index in [0.717, 1.165) is 11.1 Å². The Morgan fingerprint density at radius 1 is 1.29 bits per heavy atom. The molecule has 76 valence electrons. The lowest BCUT2D eigenvalue weighted by Gasteiger charge is -2.01. The molecule has 1 aromatic rings. The Morgan fingerprint density at radius 2 is 1.79 bits per heavy atom. The SMILES string of the molecule is Cc1ccc(S(=O)(=O)/C(Cl)=C\Cl)cc1. The van der Waals surface area contributed by atoms with Gasteiger partial charge in [-0.3, -0.25) is 0 Å². The number of sulfone groups is 1. The Hall–Kier alpha value is -0.510.